The fourth-order valence-corrected chi connectivity index (χ4v) is 4.69. The smallest absolute Gasteiger partial charge is 0.298 e. The van der Waals surface area contributed by atoms with E-state index in [1.807, 2.05) is 30.5 Å². The monoisotopic (exact) mass is 462 g/mol. The molecule has 158 valence electrons. The molecule has 0 unspecified atom stereocenters. The Morgan fingerprint density at radius 3 is 2.41 bits per heavy atom. The Bertz CT molecular complexity index is 1380. The van der Waals surface area contributed by atoms with Crippen molar-refractivity contribution >= 4 is 57.2 Å². The predicted molar refractivity (Wildman–Crippen MR) is 127 cm³/mol. The van der Waals surface area contributed by atoms with E-state index in [1.165, 1.54) is 12.1 Å². The van der Waals surface area contributed by atoms with Crippen molar-refractivity contribution in [2.24, 2.45) is 0 Å². The number of fused-ring (bicyclic) bond motifs is 1. The van der Waals surface area contributed by atoms with Crippen LogP contribution in [0.3, 0.4) is 0 Å². The van der Waals surface area contributed by atoms with Gasteiger partial charge in [-0.15, -0.1) is 0 Å². The molecule has 2 heterocycles. The number of carbonyl (C=O) groups is 2. The topological polar surface area (TPSA) is 42.3 Å². The molecule has 1 fully saturated rings. The maximum absolute atomic E-state index is 13.3. The number of aromatic nitrogens is 1. The minimum Gasteiger partial charge on any atom is -0.342 e. The zero-order valence-electron chi connectivity index (χ0n) is 16.7. The van der Waals surface area contributed by atoms with Crippen LogP contribution in [0.2, 0.25) is 5.02 Å². The van der Waals surface area contributed by atoms with E-state index in [-0.39, 0.29) is 17.0 Å². The van der Waals surface area contributed by atoms with Gasteiger partial charge in [0.25, 0.3) is 11.1 Å². The van der Waals surface area contributed by atoms with Gasteiger partial charge in [0.2, 0.25) is 0 Å². The van der Waals surface area contributed by atoms with Crippen LogP contribution in [0.1, 0.15) is 11.1 Å². The van der Waals surface area contributed by atoms with Crippen molar-refractivity contribution in [2.75, 3.05) is 4.90 Å². The maximum atomic E-state index is 13.3. The van der Waals surface area contributed by atoms with Crippen molar-refractivity contribution < 1.29 is 14.0 Å². The zero-order chi connectivity index (χ0) is 22.2. The van der Waals surface area contributed by atoms with Crippen molar-refractivity contribution in [3.8, 4) is 0 Å². The third-order valence-corrected chi connectivity index (χ3v) is 6.37. The standard InChI is InChI=1S/C25H16ClFN2O2S/c26-18-7-11-20(12-8-18)29-24(30)23(32-25(29)31)13-17-15-28(22-4-2-1-3-21(17)22)14-16-5-9-19(27)10-6-16/h1-13,15H,14H2/b23-13+. The molecule has 5 rings (SSSR count). The number of carbonyl (C=O) groups excluding carboxylic acids is 2. The van der Waals surface area contributed by atoms with E-state index < -0.39 is 0 Å². The molecule has 1 aliphatic heterocycles. The summed E-state index contributed by atoms with van der Waals surface area (Å²) in [5.41, 5.74) is 3.27. The summed E-state index contributed by atoms with van der Waals surface area (Å²) in [6.07, 6.45) is 3.70. The molecule has 0 spiro atoms. The van der Waals surface area contributed by atoms with E-state index in [2.05, 4.69) is 4.57 Å². The molecule has 0 N–H and O–H groups in total. The van der Waals surface area contributed by atoms with Crippen LogP contribution in [-0.2, 0) is 11.3 Å². The number of benzene rings is 3. The van der Waals surface area contributed by atoms with Crippen LogP contribution in [0.5, 0.6) is 0 Å². The van der Waals surface area contributed by atoms with Gasteiger partial charge >= 0.3 is 0 Å². The highest BCUT2D eigenvalue weighted by atomic mass is 35.5. The molecule has 0 atom stereocenters. The van der Waals surface area contributed by atoms with Crippen molar-refractivity contribution in [3.63, 3.8) is 0 Å². The predicted octanol–water partition coefficient (Wildman–Crippen LogP) is 6.72. The van der Waals surface area contributed by atoms with E-state index >= 15 is 0 Å². The molecule has 1 aromatic heterocycles. The first-order valence-corrected chi connectivity index (χ1v) is 11.0. The number of anilines is 1. The molecule has 32 heavy (non-hydrogen) atoms. The highest BCUT2D eigenvalue weighted by molar-refractivity contribution is 8.19. The molecule has 1 saturated heterocycles. The van der Waals surface area contributed by atoms with Crippen molar-refractivity contribution in [3.05, 3.63) is 106 Å². The van der Waals surface area contributed by atoms with Crippen LogP contribution in [-0.4, -0.2) is 15.7 Å². The lowest BCUT2D eigenvalue weighted by Gasteiger charge is -2.12. The summed E-state index contributed by atoms with van der Waals surface area (Å²) in [5, 5.41) is 1.15. The van der Waals surface area contributed by atoms with Gasteiger partial charge in [-0.25, -0.2) is 9.29 Å². The van der Waals surface area contributed by atoms with Gasteiger partial charge in [0.15, 0.2) is 0 Å². The third-order valence-electron chi connectivity index (χ3n) is 5.25. The molecule has 2 amide bonds. The number of amides is 2. The molecule has 4 aromatic rings. The Kier molecular flexibility index (Phi) is 5.33. The number of rotatable bonds is 4. The fraction of sp³-hybridized carbons (Fsp3) is 0.0400. The summed E-state index contributed by atoms with van der Waals surface area (Å²) in [6, 6.07) is 20.8. The first-order chi connectivity index (χ1) is 15.5. The Morgan fingerprint density at radius 2 is 1.66 bits per heavy atom. The first-order valence-electron chi connectivity index (χ1n) is 9.85. The van der Waals surface area contributed by atoms with E-state index in [9.17, 15) is 14.0 Å². The minimum absolute atomic E-state index is 0.275. The summed E-state index contributed by atoms with van der Waals surface area (Å²) < 4.78 is 15.3. The second-order valence-electron chi connectivity index (χ2n) is 7.35. The lowest BCUT2D eigenvalue weighted by atomic mass is 10.1. The molecule has 0 bridgehead atoms. The van der Waals surface area contributed by atoms with Gasteiger partial charge in [-0.05, 0) is 65.9 Å². The van der Waals surface area contributed by atoms with E-state index in [0.29, 0.717) is 22.2 Å². The van der Waals surface area contributed by atoms with Gasteiger partial charge in [0.05, 0.1) is 10.6 Å². The Balaban J connectivity index is 1.51. The lowest BCUT2D eigenvalue weighted by Crippen LogP contribution is -2.27. The van der Waals surface area contributed by atoms with Crippen molar-refractivity contribution in [1.29, 1.82) is 0 Å². The molecule has 7 heteroatoms. The van der Waals surface area contributed by atoms with Crippen LogP contribution >= 0.6 is 23.4 Å². The van der Waals surface area contributed by atoms with Crippen LogP contribution in [0.15, 0.2) is 83.9 Å². The summed E-state index contributed by atoms with van der Waals surface area (Å²) in [7, 11) is 0. The van der Waals surface area contributed by atoms with Gasteiger partial charge in [0, 0.05) is 34.2 Å². The van der Waals surface area contributed by atoms with Gasteiger partial charge in [-0.3, -0.25) is 9.59 Å². The summed E-state index contributed by atoms with van der Waals surface area (Å²) in [4.78, 5) is 27.1. The van der Waals surface area contributed by atoms with E-state index in [1.54, 1.807) is 42.5 Å². The van der Waals surface area contributed by atoms with E-state index in [4.69, 9.17) is 11.6 Å². The summed E-state index contributed by atoms with van der Waals surface area (Å²) in [5.74, 6) is -0.638. The van der Waals surface area contributed by atoms with Gasteiger partial charge in [0.1, 0.15) is 5.82 Å². The number of halogens is 2. The summed E-state index contributed by atoms with van der Waals surface area (Å²) >= 11 is 6.84. The second-order valence-corrected chi connectivity index (χ2v) is 8.78. The SMILES string of the molecule is O=C1S/C(=C/c2cn(Cc3ccc(F)cc3)c3ccccc23)C(=O)N1c1ccc(Cl)cc1. The maximum Gasteiger partial charge on any atom is 0.298 e. The Labute approximate surface area is 192 Å². The number of para-hydroxylation sites is 1. The molecular formula is C25H16ClFN2O2S. The third kappa shape index (κ3) is 3.83. The highest BCUT2D eigenvalue weighted by Crippen LogP contribution is 2.37. The van der Waals surface area contributed by atoms with Gasteiger partial charge in [-0.1, -0.05) is 41.9 Å². The number of hydrogen-bond acceptors (Lipinski definition) is 3. The second kappa shape index (κ2) is 8.30. The largest absolute Gasteiger partial charge is 0.342 e. The number of imide groups is 1. The minimum atomic E-state index is -0.363. The first kappa shape index (κ1) is 20.5. The molecule has 3 aromatic carbocycles. The average molecular weight is 463 g/mol. The van der Waals surface area contributed by atoms with Crippen LogP contribution in [0, 0.1) is 5.82 Å². The van der Waals surface area contributed by atoms with E-state index in [0.717, 1.165) is 38.7 Å². The fourth-order valence-electron chi connectivity index (χ4n) is 3.73. The number of hydrogen-bond donors (Lipinski definition) is 0. The summed E-state index contributed by atoms with van der Waals surface area (Å²) in [6.45, 7) is 0.556. The average Bonchev–Trinajstić information content (AvgIpc) is 3.27. The zero-order valence-corrected chi connectivity index (χ0v) is 18.2. The Morgan fingerprint density at radius 1 is 0.938 bits per heavy atom. The van der Waals surface area contributed by atoms with Crippen LogP contribution < -0.4 is 4.90 Å². The van der Waals surface area contributed by atoms with Gasteiger partial charge in [-0.2, -0.15) is 0 Å². The normalized spacial score (nSPS) is 15.3. The number of nitrogens with zero attached hydrogens (tertiary/aromatic N) is 2. The van der Waals surface area contributed by atoms with Crippen molar-refractivity contribution in [1.82, 2.24) is 4.57 Å². The number of thioether (sulfide) groups is 1. The lowest BCUT2D eigenvalue weighted by molar-refractivity contribution is -0.113. The molecule has 4 nitrogen and oxygen atoms in total. The van der Waals surface area contributed by atoms with Crippen LogP contribution in [0.4, 0.5) is 14.9 Å². The quantitative estimate of drug-likeness (QED) is 0.316. The molecule has 1 aliphatic rings. The van der Waals surface area contributed by atoms with Crippen molar-refractivity contribution in [2.45, 2.75) is 6.54 Å². The molecule has 0 saturated carbocycles. The van der Waals surface area contributed by atoms with Gasteiger partial charge < -0.3 is 4.57 Å². The highest BCUT2D eigenvalue weighted by Gasteiger charge is 2.36. The van der Waals surface area contributed by atoms with Crippen LogP contribution in [0.25, 0.3) is 17.0 Å². The molecule has 0 radical (unpaired) electrons. The Hall–Kier alpha value is -3.35. The molecular weight excluding hydrogens is 447 g/mol. The molecule has 0 aliphatic carbocycles.